The number of rotatable bonds is 8. The van der Waals surface area contributed by atoms with Crippen LogP contribution in [0.4, 0.5) is 0 Å². The first-order valence-electron chi connectivity index (χ1n) is 8.70. The molecule has 0 saturated carbocycles. The monoisotopic (exact) mass is 422 g/mol. The fourth-order valence-corrected chi connectivity index (χ4v) is 4.66. The van der Waals surface area contributed by atoms with Gasteiger partial charge >= 0.3 is 0 Å². The van der Waals surface area contributed by atoms with Crippen LogP contribution in [-0.4, -0.2) is 35.7 Å². The second-order valence-electron chi connectivity index (χ2n) is 5.98. The van der Waals surface area contributed by atoms with Crippen LogP contribution in [0, 0.1) is 13.8 Å². The van der Waals surface area contributed by atoms with Crippen LogP contribution in [0.3, 0.4) is 0 Å². The van der Waals surface area contributed by atoms with Gasteiger partial charge in [-0.2, -0.15) is 0 Å². The highest BCUT2D eigenvalue weighted by Gasteiger charge is 2.12. The highest BCUT2D eigenvalue weighted by molar-refractivity contribution is 7.89. The summed E-state index contributed by atoms with van der Waals surface area (Å²) in [5.74, 6) is 0. The second kappa shape index (κ2) is 9.97. The minimum Gasteiger partial charge on any atom is -0.277 e. The molecule has 0 aliphatic heterocycles. The second-order valence-corrected chi connectivity index (χ2v) is 10.0. The SMILES string of the molecule is CN=[S@@](=O)(OC/C=C\CO[S@@](=O)(=NC)c1ccc(C)cc1)c1ccc(C)cc1. The average Bonchev–Trinajstić information content (AvgIpc) is 2.71. The first-order chi connectivity index (χ1) is 13.3. The Morgan fingerprint density at radius 1 is 0.714 bits per heavy atom. The van der Waals surface area contributed by atoms with Gasteiger partial charge in [-0.3, -0.25) is 8.37 Å². The molecule has 2 aromatic carbocycles. The Morgan fingerprint density at radius 2 is 1.04 bits per heavy atom. The van der Waals surface area contributed by atoms with Crippen LogP contribution in [0.15, 0.2) is 79.2 Å². The van der Waals surface area contributed by atoms with E-state index in [1.54, 1.807) is 36.4 Å². The molecule has 0 N–H and O–H groups in total. The molecule has 2 atom stereocenters. The fraction of sp³-hybridized carbons (Fsp3) is 0.300. The van der Waals surface area contributed by atoms with E-state index in [-0.39, 0.29) is 13.2 Å². The van der Waals surface area contributed by atoms with Crippen molar-refractivity contribution in [1.82, 2.24) is 0 Å². The van der Waals surface area contributed by atoms with Crippen LogP contribution in [0.25, 0.3) is 0 Å². The lowest BCUT2D eigenvalue weighted by molar-refractivity contribution is 0.373. The molecule has 0 aliphatic rings. The molecular formula is C20H26N2O4S2. The van der Waals surface area contributed by atoms with Crippen molar-refractivity contribution in [1.29, 1.82) is 0 Å². The van der Waals surface area contributed by atoms with Gasteiger partial charge < -0.3 is 0 Å². The van der Waals surface area contributed by atoms with Crippen LogP contribution in [0.5, 0.6) is 0 Å². The summed E-state index contributed by atoms with van der Waals surface area (Å²) in [6, 6.07) is 14.4. The highest BCUT2D eigenvalue weighted by atomic mass is 32.2. The third-order valence-corrected chi connectivity index (χ3v) is 7.54. The molecule has 152 valence electrons. The Morgan fingerprint density at radius 3 is 1.32 bits per heavy atom. The predicted molar refractivity (Wildman–Crippen MR) is 113 cm³/mol. The molecule has 0 saturated heterocycles. The number of aryl methyl sites for hydroxylation is 2. The molecule has 0 bridgehead atoms. The van der Waals surface area contributed by atoms with Crippen LogP contribution < -0.4 is 0 Å². The maximum Gasteiger partial charge on any atom is 0.193 e. The van der Waals surface area contributed by atoms with Gasteiger partial charge in [0.05, 0.1) is 23.0 Å². The maximum atomic E-state index is 12.8. The largest absolute Gasteiger partial charge is 0.277 e. The van der Waals surface area contributed by atoms with Gasteiger partial charge in [-0.15, -0.1) is 0 Å². The normalized spacial score (nSPS) is 15.7. The van der Waals surface area contributed by atoms with Crippen molar-refractivity contribution in [3.05, 3.63) is 71.8 Å². The first-order valence-corrected chi connectivity index (χ1v) is 11.6. The van der Waals surface area contributed by atoms with Crippen molar-refractivity contribution in [2.24, 2.45) is 8.73 Å². The topological polar surface area (TPSA) is 77.3 Å². The molecule has 0 fully saturated rings. The molecule has 0 amide bonds. The van der Waals surface area contributed by atoms with Gasteiger partial charge in [-0.05, 0) is 38.1 Å². The Hall–Kier alpha value is -2.00. The molecule has 0 radical (unpaired) electrons. The summed E-state index contributed by atoms with van der Waals surface area (Å²) < 4.78 is 44.4. The van der Waals surface area contributed by atoms with Crippen molar-refractivity contribution in [2.45, 2.75) is 23.6 Å². The Labute approximate surface area is 168 Å². The van der Waals surface area contributed by atoms with Crippen LogP contribution in [-0.2, 0) is 28.4 Å². The summed E-state index contributed by atoms with van der Waals surface area (Å²) in [6.07, 6.45) is 3.31. The standard InChI is InChI=1S/C20H26N2O4S2/c1-17-7-11-19(12-8-17)27(23,21-3)25-15-5-6-16-26-28(24,22-4)20-13-9-18(2)10-14-20/h5-14H,15-16H2,1-4H3/b6-5-/t27-,28+. The van der Waals surface area contributed by atoms with E-state index >= 15 is 0 Å². The lowest BCUT2D eigenvalue weighted by atomic mass is 10.2. The van der Waals surface area contributed by atoms with E-state index in [4.69, 9.17) is 8.37 Å². The van der Waals surface area contributed by atoms with E-state index in [2.05, 4.69) is 8.73 Å². The van der Waals surface area contributed by atoms with Crippen LogP contribution >= 0.6 is 0 Å². The molecular weight excluding hydrogens is 396 g/mol. The van der Waals surface area contributed by atoms with Gasteiger partial charge in [-0.25, -0.2) is 17.1 Å². The summed E-state index contributed by atoms with van der Waals surface area (Å²) >= 11 is 0. The van der Waals surface area contributed by atoms with Crippen LogP contribution in [0.1, 0.15) is 11.1 Å². The summed E-state index contributed by atoms with van der Waals surface area (Å²) in [7, 11) is -2.93. The maximum absolute atomic E-state index is 12.8. The lowest BCUT2D eigenvalue weighted by Crippen LogP contribution is -2.08. The molecule has 0 aliphatic carbocycles. The van der Waals surface area contributed by atoms with E-state index in [9.17, 15) is 8.42 Å². The van der Waals surface area contributed by atoms with E-state index in [0.717, 1.165) is 11.1 Å². The lowest BCUT2D eigenvalue weighted by Gasteiger charge is -2.10. The average molecular weight is 423 g/mol. The summed E-state index contributed by atoms with van der Waals surface area (Å²) in [5.41, 5.74) is 2.13. The zero-order valence-electron chi connectivity index (χ0n) is 16.5. The Bertz CT molecular complexity index is 957. The zero-order valence-corrected chi connectivity index (χ0v) is 18.2. The minimum atomic E-state index is -2.93. The first kappa shape index (κ1) is 22.3. The van der Waals surface area contributed by atoms with E-state index < -0.39 is 20.0 Å². The molecule has 0 unspecified atom stereocenters. The highest BCUT2D eigenvalue weighted by Crippen LogP contribution is 2.17. The van der Waals surface area contributed by atoms with Gasteiger partial charge in [0, 0.05) is 14.1 Å². The van der Waals surface area contributed by atoms with Crippen molar-refractivity contribution >= 4 is 20.0 Å². The summed E-state index contributed by atoms with van der Waals surface area (Å²) in [5, 5.41) is 0. The van der Waals surface area contributed by atoms with Gasteiger partial charge in [0.2, 0.25) is 0 Å². The van der Waals surface area contributed by atoms with Gasteiger partial charge in [0.15, 0.2) is 20.0 Å². The van der Waals surface area contributed by atoms with E-state index in [1.807, 2.05) is 38.1 Å². The van der Waals surface area contributed by atoms with Crippen molar-refractivity contribution in [2.75, 3.05) is 27.3 Å². The van der Waals surface area contributed by atoms with E-state index in [1.165, 1.54) is 14.1 Å². The number of nitrogens with zero attached hydrogens (tertiary/aromatic N) is 2. The summed E-state index contributed by atoms with van der Waals surface area (Å²) in [4.78, 5) is 1.05. The van der Waals surface area contributed by atoms with Crippen molar-refractivity contribution < 1.29 is 16.8 Å². The molecule has 0 spiro atoms. The van der Waals surface area contributed by atoms with E-state index in [0.29, 0.717) is 9.79 Å². The Kier molecular flexibility index (Phi) is 7.94. The quantitative estimate of drug-likeness (QED) is 0.593. The smallest absolute Gasteiger partial charge is 0.193 e. The van der Waals surface area contributed by atoms with Crippen molar-refractivity contribution in [3.63, 3.8) is 0 Å². The zero-order chi connectivity index (χ0) is 20.6. The predicted octanol–water partition coefficient (Wildman–Crippen LogP) is 4.34. The van der Waals surface area contributed by atoms with Crippen LogP contribution in [0.2, 0.25) is 0 Å². The molecule has 2 aromatic rings. The number of hydrogen-bond acceptors (Lipinski definition) is 6. The number of benzene rings is 2. The molecule has 0 heterocycles. The summed E-state index contributed by atoms with van der Waals surface area (Å²) in [6.45, 7) is 4.08. The molecule has 2 rings (SSSR count). The third kappa shape index (κ3) is 5.75. The minimum absolute atomic E-state index is 0.0857. The Balaban J connectivity index is 1.94. The molecule has 28 heavy (non-hydrogen) atoms. The third-order valence-electron chi connectivity index (χ3n) is 3.93. The molecule has 6 nitrogen and oxygen atoms in total. The van der Waals surface area contributed by atoms with Gasteiger partial charge in [0.1, 0.15) is 0 Å². The van der Waals surface area contributed by atoms with Crippen molar-refractivity contribution in [3.8, 4) is 0 Å². The number of hydrogen-bond donors (Lipinski definition) is 0. The fourth-order valence-electron chi connectivity index (χ4n) is 2.27. The van der Waals surface area contributed by atoms with Gasteiger partial charge in [-0.1, -0.05) is 47.5 Å². The molecule has 8 heteroatoms. The molecule has 0 aromatic heterocycles. The van der Waals surface area contributed by atoms with Gasteiger partial charge in [0.25, 0.3) is 0 Å².